The number of thiazole rings is 1. The molecule has 0 bridgehead atoms. The summed E-state index contributed by atoms with van der Waals surface area (Å²) in [5, 5.41) is 3.87. The number of rotatable bonds is 3. The van der Waals surface area contributed by atoms with E-state index >= 15 is 0 Å². The molecular weight excluding hydrogens is 478 g/mol. The van der Waals surface area contributed by atoms with Crippen LogP contribution in [0.4, 0.5) is 5.13 Å². The largest absolute Gasteiger partial charge is 0.319 e. The van der Waals surface area contributed by atoms with Crippen molar-refractivity contribution in [3.63, 3.8) is 0 Å². The topological polar surface area (TPSA) is 62.3 Å². The van der Waals surface area contributed by atoms with Gasteiger partial charge in [0.25, 0.3) is 0 Å². The molecule has 1 aliphatic heterocycles. The van der Waals surface area contributed by atoms with Gasteiger partial charge >= 0.3 is 0 Å². The highest BCUT2D eigenvalue weighted by Crippen LogP contribution is 2.67. The Morgan fingerprint density at radius 2 is 1.86 bits per heavy atom. The summed E-state index contributed by atoms with van der Waals surface area (Å²) in [5.41, 5.74) is 6.53. The predicted octanol–water partition coefficient (Wildman–Crippen LogP) is 7.24. The van der Waals surface area contributed by atoms with E-state index in [0.29, 0.717) is 36.5 Å². The first kappa shape index (κ1) is 25.1. The van der Waals surface area contributed by atoms with Gasteiger partial charge in [0, 0.05) is 31.0 Å². The molecule has 0 spiro atoms. The molecule has 6 atom stereocenters. The van der Waals surface area contributed by atoms with E-state index in [1.54, 1.807) is 11.3 Å². The van der Waals surface area contributed by atoms with Crippen LogP contribution in [0.25, 0.3) is 10.2 Å². The van der Waals surface area contributed by atoms with Gasteiger partial charge in [-0.2, -0.15) is 0 Å². The van der Waals surface area contributed by atoms with E-state index in [1.807, 2.05) is 11.9 Å². The molecule has 6 heteroatoms. The Labute approximate surface area is 225 Å². The molecule has 1 N–H and O–H groups in total. The van der Waals surface area contributed by atoms with E-state index in [2.05, 4.69) is 52.1 Å². The highest BCUT2D eigenvalue weighted by atomic mass is 32.1. The maximum Gasteiger partial charge on any atom is 0.226 e. The summed E-state index contributed by atoms with van der Waals surface area (Å²) in [6.45, 7) is 11.4. The van der Waals surface area contributed by atoms with Crippen molar-refractivity contribution in [2.75, 3.05) is 12.4 Å². The minimum Gasteiger partial charge on any atom is -0.319 e. The number of allylic oxidation sites excluding steroid dienone is 2. The number of fused-ring (bicyclic) bond motifs is 6. The molecule has 2 heterocycles. The van der Waals surface area contributed by atoms with Gasteiger partial charge < -0.3 is 10.2 Å². The second-order valence-corrected chi connectivity index (χ2v) is 14.1. The van der Waals surface area contributed by atoms with Crippen molar-refractivity contribution in [1.82, 2.24) is 9.88 Å². The fourth-order valence-electron chi connectivity index (χ4n) is 9.18. The van der Waals surface area contributed by atoms with Crippen molar-refractivity contribution in [2.45, 2.75) is 86.0 Å². The number of aryl methyl sites for hydroxylation is 2. The third kappa shape index (κ3) is 3.80. The number of anilines is 1. The zero-order chi connectivity index (χ0) is 26.3. The summed E-state index contributed by atoms with van der Waals surface area (Å²) < 4.78 is 1.13. The summed E-state index contributed by atoms with van der Waals surface area (Å²) in [7, 11) is 1.99. The van der Waals surface area contributed by atoms with Crippen LogP contribution in [0.1, 0.15) is 83.3 Å². The molecule has 2 unspecified atom stereocenters. The van der Waals surface area contributed by atoms with Crippen molar-refractivity contribution in [1.29, 1.82) is 0 Å². The Kier molecular flexibility index (Phi) is 5.87. The molecule has 0 radical (unpaired) electrons. The number of nitrogens with zero attached hydrogens (tertiary/aromatic N) is 2. The van der Waals surface area contributed by atoms with Crippen LogP contribution >= 0.6 is 11.3 Å². The number of hydrogen-bond donors (Lipinski definition) is 1. The van der Waals surface area contributed by atoms with Gasteiger partial charge in [0.15, 0.2) is 5.13 Å². The first-order valence-electron chi connectivity index (χ1n) is 14.2. The molecule has 1 aromatic heterocycles. The molecule has 3 fully saturated rings. The van der Waals surface area contributed by atoms with Crippen LogP contribution in [-0.2, 0) is 9.59 Å². The zero-order valence-corrected chi connectivity index (χ0v) is 24.1. The van der Waals surface area contributed by atoms with Crippen molar-refractivity contribution in [2.24, 2.45) is 34.5 Å². The van der Waals surface area contributed by atoms with E-state index in [0.717, 1.165) is 34.6 Å². The molecule has 5 nitrogen and oxygen atoms in total. The van der Waals surface area contributed by atoms with E-state index < -0.39 is 0 Å². The van der Waals surface area contributed by atoms with E-state index in [4.69, 9.17) is 4.98 Å². The smallest absolute Gasteiger partial charge is 0.226 e. The van der Waals surface area contributed by atoms with Crippen LogP contribution < -0.4 is 5.32 Å². The third-order valence-electron chi connectivity index (χ3n) is 11.2. The molecule has 198 valence electrons. The predicted molar refractivity (Wildman–Crippen MR) is 150 cm³/mol. The summed E-state index contributed by atoms with van der Waals surface area (Å²) >= 11 is 1.58. The number of carbonyl (C=O) groups is 2. The standard InChI is InChI=1S/C31H41N3O2S/c1-17-14-24-25(15-18(17)2)37-29(32-24)33-26(35)16-20-7-8-22-21-13-19(3)28-31(5,12-10-27(36)34(28)6)23(21)9-11-30(20,22)4/h14-15,20-23H,7-13,16H2,1-6H3,(H,32,33,35)/t20-,21?,22+,23?,30-,31-/m1/s1. The van der Waals surface area contributed by atoms with Crippen LogP contribution in [0.15, 0.2) is 23.4 Å². The van der Waals surface area contributed by atoms with Crippen LogP contribution in [0.5, 0.6) is 0 Å². The Bertz CT molecular complexity index is 1290. The SMILES string of the molecule is CC1=C2N(C)C(=O)CC[C@]2(C)C2CC[C@]3(C)[C@@H](CC(=O)Nc4nc5cc(C)c(C)cc5s4)CC[C@H]3C2C1. The van der Waals surface area contributed by atoms with Gasteiger partial charge in [-0.1, -0.05) is 30.8 Å². The average molecular weight is 520 g/mol. The van der Waals surface area contributed by atoms with E-state index in [-0.39, 0.29) is 22.6 Å². The van der Waals surface area contributed by atoms with Crippen LogP contribution in [-0.4, -0.2) is 28.7 Å². The van der Waals surface area contributed by atoms with Crippen LogP contribution in [0.3, 0.4) is 0 Å². The summed E-state index contributed by atoms with van der Waals surface area (Å²) in [4.78, 5) is 32.5. The monoisotopic (exact) mass is 519 g/mol. The molecule has 37 heavy (non-hydrogen) atoms. The summed E-state index contributed by atoms with van der Waals surface area (Å²) in [6.07, 6.45) is 8.12. The number of hydrogen-bond acceptors (Lipinski definition) is 4. The highest BCUT2D eigenvalue weighted by molar-refractivity contribution is 7.22. The zero-order valence-electron chi connectivity index (χ0n) is 23.2. The number of benzene rings is 1. The van der Waals surface area contributed by atoms with Gasteiger partial charge in [-0.25, -0.2) is 4.98 Å². The van der Waals surface area contributed by atoms with Crippen molar-refractivity contribution >= 4 is 38.5 Å². The number of amides is 2. The van der Waals surface area contributed by atoms with Gasteiger partial charge in [0.05, 0.1) is 10.2 Å². The third-order valence-corrected chi connectivity index (χ3v) is 12.1. The minimum atomic E-state index is 0.107. The molecule has 2 amide bonds. The number of piperidine rings is 1. The van der Waals surface area contributed by atoms with Crippen molar-refractivity contribution < 1.29 is 9.59 Å². The second-order valence-electron chi connectivity index (χ2n) is 13.1. The van der Waals surface area contributed by atoms with Gasteiger partial charge in [-0.15, -0.1) is 0 Å². The lowest BCUT2D eigenvalue weighted by molar-refractivity contribution is -0.136. The Morgan fingerprint density at radius 1 is 1.11 bits per heavy atom. The molecule has 1 saturated heterocycles. The number of carbonyl (C=O) groups excluding carboxylic acids is 2. The lowest BCUT2D eigenvalue weighted by Gasteiger charge is -2.59. The maximum absolute atomic E-state index is 13.2. The fourth-order valence-corrected chi connectivity index (χ4v) is 10.1. The molecule has 1 aromatic carbocycles. The summed E-state index contributed by atoms with van der Waals surface area (Å²) in [6, 6.07) is 4.29. The highest BCUT2D eigenvalue weighted by Gasteiger charge is 2.60. The molecular formula is C31H41N3O2S. The fraction of sp³-hybridized carbons (Fsp3) is 0.645. The van der Waals surface area contributed by atoms with Gasteiger partial charge in [0.2, 0.25) is 11.8 Å². The summed E-state index contributed by atoms with van der Waals surface area (Å²) in [5.74, 6) is 2.78. The lowest BCUT2D eigenvalue weighted by atomic mass is 9.48. The van der Waals surface area contributed by atoms with Crippen molar-refractivity contribution in [3.8, 4) is 0 Å². The molecule has 4 aliphatic rings. The molecule has 3 aliphatic carbocycles. The Balaban J connectivity index is 1.19. The Hall–Kier alpha value is -2.21. The number of nitrogens with one attached hydrogen (secondary N) is 1. The van der Waals surface area contributed by atoms with E-state index in [1.165, 1.54) is 41.7 Å². The van der Waals surface area contributed by atoms with E-state index in [9.17, 15) is 9.59 Å². The Morgan fingerprint density at radius 3 is 2.65 bits per heavy atom. The average Bonchev–Trinajstić information content (AvgIpc) is 3.36. The maximum atomic E-state index is 13.2. The van der Waals surface area contributed by atoms with Crippen molar-refractivity contribution in [3.05, 3.63) is 34.5 Å². The second kappa shape index (κ2) is 8.65. The first-order chi connectivity index (χ1) is 17.5. The van der Waals surface area contributed by atoms with Gasteiger partial charge in [0.1, 0.15) is 0 Å². The van der Waals surface area contributed by atoms with Crippen LogP contribution in [0, 0.1) is 48.3 Å². The minimum absolute atomic E-state index is 0.107. The van der Waals surface area contributed by atoms with Gasteiger partial charge in [-0.3, -0.25) is 9.59 Å². The molecule has 2 aromatic rings. The number of aromatic nitrogens is 1. The lowest BCUT2D eigenvalue weighted by Crippen LogP contribution is -2.54. The molecule has 6 rings (SSSR count). The molecule has 2 saturated carbocycles. The quantitative estimate of drug-likeness (QED) is 0.465. The number of likely N-dealkylation sites (tertiary alicyclic amines) is 1. The van der Waals surface area contributed by atoms with Crippen LogP contribution in [0.2, 0.25) is 0 Å². The normalized spacial score (nSPS) is 35.4. The van der Waals surface area contributed by atoms with Gasteiger partial charge in [-0.05, 0) is 112 Å². The first-order valence-corrected chi connectivity index (χ1v) is 15.0.